The molecule has 2 fully saturated rings. The van der Waals surface area contributed by atoms with Gasteiger partial charge in [-0.1, -0.05) is 0 Å². The fourth-order valence-electron chi connectivity index (χ4n) is 4.19. The van der Waals surface area contributed by atoms with Crippen molar-refractivity contribution in [1.29, 1.82) is 0 Å². The Morgan fingerprint density at radius 1 is 1.03 bits per heavy atom. The maximum Gasteiger partial charge on any atom is 0.240 e. The zero-order valence-corrected chi connectivity index (χ0v) is 19.6. The fraction of sp³-hybridized carbons (Fsp3) is 0.650. The number of nitrogens with one attached hydrogen (secondary N) is 2. The van der Waals surface area contributed by atoms with Crippen molar-refractivity contribution in [1.82, 2.24) is 9.62 Å². The van der Waals surface area contributed by atoms with Gasteiger partial charge in [-0.05, 0) is 75.1 Å². The lowest BCUT2D eigenvalue weighted by molar-refractivity contribution is -0.136. The van der Waals surface area contributed by atoms with E-state index < -0.39 is 26.1 Å². The van der Waals surface area contributed by atoms with Crippen LogP contribution in [0.15, 0.2) is 29.2 Å². The molecule has 1 aromatic rings. The topological polar surface area (TPSA) is 139 Å². The number of nitrogens with zero attached hydrogens (tertiary/aromatic N) is 1. The Kier molecular flexibility index (Phi) is 7.29. The third-order valence-corrected chi connectivity index (χ3v) is 8.47. The molecule has 0 radical (unpaired) electrons. The quantitative estimate of drug-likeness (QED) is 0.520. The molecule has 1 atom stereocenters. The van der Waals surface area contributed by atoms with Crippen LogP contribution in [-0.2, 0) is 24.8 Å². The Bertz CT molecular complexity index is 983. The molecule has 0 saturated heterocycles. The van der Waals surface area contributed by atoms with Crippen molar-refractivity contribution >= 4 is 31.6 Å². The SMILES string of the molecule is CN(C(=O)[C@@H](N)C1CCC(NS(=O)(=O)c2ccc(NS(C)(=O)=O)cc2)CC1)C1CCC1. The molecule has 0 unspecified atom stereocenters. The number of carbonyl (C=O) groups is 1. The first-order valence-electron chi connectivity index (χ1n) is 10.6. The predicted molar refractivity (Wildman–Crippen MR) is 119 cm³/mol. The second kappa shape index (κ2) is 9.43. The predicted octanol–water partition coefficient (Wildman–Crippen LogP) is 1.23. The smallest absolute Gasteiger partial charge is 0.240 e. The highest BCUT2D eigenvalue weighted by Gasteiger charge is 2.35. The van der Waals surface area contributed by atoms with Crippen molar-refractivity contribution < 1.29 is 21.6 Å². The van der Waals surface area contributed by atoms with Crippen LogP contribution < -0.4 is 15.2 Å². The van der Waals surface area contributed by atoms with Crippen LogP contribution in [0.1, 0.15) is 44.9 Å². The molecule has 0 heterocycles. The number of carbonyl (C=O) groups excluding carboxylic acids is 1. The Morgan fingerprint density at radius 2 is 1.61 bits per heavy atom. The van der Waals surface area contributed by atoms with E-state index in [-0.39, 0.29) is 22.8 Å². The second-order valence-corrected chi connectivity index (χ2v) is 12.2. The van der Waals surface area contributed by atoms with E-state index in [1.807, 2.05) is 7.05 Å². The zero-order chi connectivity index (χ0) is 22.8. The molecule has 2 aliphatic rings. The highest BCUT2D eigenvalue weighted by Crippen LogP contribution is 2.30. The van der Waals surface area contributed by atoms with Gasteiger partial charge in [-0.25, -0.2) is 21.6 Å². The number of anilines is 1. The maximum atomic E-state index is 12.7. The van der Waals surface area contributed by atoms with E-state index in [2.05, 4.69) is 9.44 Å². The number of sulfonamides is 2. The minimum Gasteiger partial charge on any atom is -0.341 e. The van der Waals surface area contributed by atoms with Crippen molar-refractivity contribution in [2.75, 3.05) is 18.0 Å². The molecule has 31 heavy (non-hydrogen) atoms. The zero-order valence-electron chi connectivity index (χ0n) is 18.0. The average Bonchev–Trinajstić information content (AvgIpc) is 2.65. The van der Waals surface area contributed by atoms with Gasteiger partial charge in [-0.2, -0.15) is 0 Å². The molecule has 0 bridgehead atoms. The van der Waals surface area contributed by atoms with E-state index in [0.29, 0.717) is 37.4 Å². The molecule has 9 nitrogen and oxygen atoms in total. The van der Waals surface area contributed by atoms with Gasteiger partial charge < -0.3 is 10.6 Å². The summed E-state index contributed by atoms with van der Waals surface area (Å²) in [6.07, 6.45) is 6.87. The molecular weight excluding hydrogens is 440 g/mol. The monoisotopic (exact) mass is 472 g/mol. The summed E-state index contributed by atoms with van der Waals surface area (Å²) in [5, 5.41) is 0. The van der Waals surface area contributed by atoms with E-state index in [9.17, 15) is 21.6 Å². The number of amides is 1. The average molecular weight is 473 g/mol. The summed E-state index contributed by atoms with van der Waals surface area (Å²) in [5.74, 6) is 0.0358. The van der Waals surface area contributed by atoms with Gasteiger partial charge in [0.1, 0.15) is 0 Å². The number of nitrogens with two attached hydrogens (primary N) is 1. The summed E-state index contributed by atoms with van der Waals surface area (Å²) in [4.78, 5) is 14.5. The highest BCUT2D eigenvalue weighted by molar-refractivity contribution is 7.92. The summed E-state index contributed by atoms with van der Waals surface area (Å²) in [6, 6.07) is 5.10. The molecule has 1 amide bonds. The Morgan fingerprint density at radius 3 is 2.10 bits per heavy atom. The van der Waals surface area contributed by atoms with Gasteiger partial charge in [-0.15, -0.1) is 0 Å². The van der Waals surface area contributed by atoms with Gasteiger partial charge in [0.05, 0.1) is 17.2 Å². The van der Waals surface area contributed by atoms with Crippen LogP contribution in [0.25, 0.3) is 0 Å². The van der Waals surface area contributed by atoms with Gasteiger partial charge in [-0.3, -0.25) is 9.52 Å². The first-order valence-corrected chi connectivity index (χ1v) is 14.0. The van der Waals surface area contributed by atoms with Crippen molar-refractivity contribution in [3.8, 4) is 0 Å². The lowest BCUT2D eigenvalue weighted by Gasteiger charge is -2.38. The first kappa shape index (κ1) is 24.0. The Labute approximate surface area is 184 Å². The Hall–Kier alpha value is -1.69. The third-order valence-electron chi connectivity index (χ3n) is 6.32. The van der Waals surface area contributed by atoms with Gasteiger partial charge in [0.15, 0.2) is 0 Å². The van der Waals surface area contributed by atoms with Crippen LogP contribution >= 0.6 is 0 Å². The van der Waals surface area contributed by atoms with E-state index in [1.165, 1.54) is 24.3 Å². The maximum absolute atomic E-state index is 12.7. The molecule has 174 valence electrons. The molecule has 2 aliphatic carbocycles. The van der Waals surface area contributed by atoms with E-state index in [4.69, 9.17) is 5.73 Å². The standard InChI is InChI=1S/C20H32N4O5S2/c1-24(17-4-3-5-17)20(25)19(21)14-6-8-16(9-7-14)23-31(28,29)18-12-10-15(11-13-18)22-30(2,26)27/h10-14,16-17,19,22-23H,3-9,21H2,1-2H3/t14?,16?,19-/m0/s1. The van der Waals surface area contributed by atoms with Crippen LogP contribution in [0.3, 0.4) is 0 Å². The first-order chi connectivity index (χ1) is 14.5. The van der Waals surface area contributed by atoms with E-state index in [0.717, 1.165) is 25.5 Å². The summed E-state index contributed by atoms with van der Waals surface area (Å²) < 4.78 is 53.0. The van der Waals surface area contributed by atoms with Crippen LogP contribution in [0.5, 0.6) is 0 Å². The third kappa shape index (κ3) is 6.18. The number of rotatable bonds is 8. The largest absolute Gasteiger partial charge is 0.341 e. The van der Waals surface area contributed by atoms with E-state index in [1.54, 1.807) is 4.90 Å². The number of hydrogen-bond acceptors (Lipinski definition) is 6. The summed E-state index contributed by atoms with van der Waals surface area (Å²) in [6.45, 7) is 0. The minimum atomic E-state index is -3.73. The molecule has 3 rings (SSSR count). The van der Waals surface area contributed by atoms with Crippen LogP contribution in [0, 0.1) is 5.92 Å². The molecule has 1 aromatic carbocycles. The summed E-state index contributed by atoms with van der Waals surface area (Å²) in [5.41, 5.74) is 6.55. The van der Waals surface area contributed by atoms with Crippen LogP contribution in [-0.4, -0.2) is 59.1 Å². The number of hydrogen-bond donors (Lipinski definition) is 3. The normalized spacial score (nSPS) is 23.6. The van der Waals surface area contributed by atoms with Crippen LogP contribution in [0.2, 0.25) is 0 Å². The fourth-order valence-corrected chi connectivity index (χ4v) is 6.06. The van der Waals surface area contributed by atoms with Gasteiger partial charge in [0.25, 0.3) is 0 Å². The molecule has 11 heteroatoms. The van der Waals surface area contributed by atoms with Crippen LogP contribution in [0.4, 0.5) is 5.69 Å². The lowest BCUT2D eigenvalue weighted by Crippen LogP contribution is -2.52. The Balaban J connectivity index is 1.53. The number of benzene rings is 1. The summed E-state index contributed by atoms with van der Waals surface area (Å²) >= 11 is 0. The van der Waals surface area contributed by atoms with Gasteiger partial charge in [0, 0.05) is 24.8 Å². The number of likely N-dealkylation sites (N-methyl/N-ethyl adjacent to an activating group) is 1. The lowest BCUT2D eigenvalue weighted by atomic mass is 9.81. The van der Waals surface area contributed by atoms with Crippen molar-refractivity contribution in [3.63, 3.8) is 0 Å². The molecule has 0 aromatic heterocycles. The molecule has 0 spiro atoms. The van der Waals surface area contributed by atoms with E-state index >= 15 is 0 Å². The van der Waals surface area contributed by atoms with Crippen molar-refractivity contribution in [2.45, 2.75) is 68.0 Å². The molecule has 0 aliphatic heterocycles. The highest BCUT2D eigenvalue weighted by atomic mass is 32.2. The van der Waals surface area contributed by atoms with Gasteiger partial charge >= 0.3 is 0 Å². The molecule has 2 saturated carbocycles. The summed E-state index contributed by atoms with van der Waals surface area (Å²) in [7, 11) is -5.33. The minimum absolute atomic E-state index is 0.0171. The molecular formula is C20H32N4O5S2. The van der Waals surface area contributed by atoms with Crippen molar-refractivity contribution in [3.05, 3.63) is 24.3 Å². The second-order valence-electron chi connectivity index (χ2n) is 8.69. The van der Waals surface area contributed by atoms with Gasteiger partial charge in [0.2, 0.25) is 26.0 Å². The van der Waals surface area contributed by atoms with Crippen molar-refractivity contribution in [2.24, 2.45) is 11.7 Å². The molecule has 4 N–H and O–H groups in total.